The van der Waals surface area contributed by atoms with Crippen LogP contribution in [0.25, 0.3) is 10.9 Å². The first-order valence-electron chi connectivity index (χ1n) is 5.39. The molecule has 1 aliphatic rings. The van der Waals surface area contributed by atoms with Crippen LogP contribution in [0.4, 0.5) is 0 Å². The largest absolute Gasteiger partial charge is 0.496 e. The maximum Gasteiger partial charge on any atom is 0.130 e. The number of hydrogen-bond donors (Lipinski definition) is 0. The van der Waals surface area contributed by atoms with Crippen molar-refractivity contribution in [3.05, 3.63) is 36.0 Å². The van der Waals surface area contributed by atoms with Crippen LogP contribution in [0.3, 0.4) is 0 Å². The summed E-state index contributed by atoms with van der Waals surface area (Å²) in [7, 11) is 1.68. The minimum atomic E-state index is 0.138. The van der Waals surface area contributed by atoms with Crippen LogP contribution in [0, 0.1) is 0 Å². The number of para-hydroxylation sites is 1. The van der Waals surface area contributed by atoms with E-state index < -0.39 is 0 Å². The molecule has 0 bridgehead atoms. The van der Waals surface area contributed by atoms with Crippen LogP contribution in [0.1, 0.15) is 18.7 Å². The fraction of sp³-hybridized carbons (Fsp3) is 0.308. The SMILES string of the molecule is COc1cc(C2OC2C)nc2ccccc12. The van der Waals surface area contributed by atoms with Crippen molar-refractivity contribution in [2.75, 3.05) is 7.11 Å². The van der Waals surface area contributed by atoms with Gasteiger partial charge in [0.1, 0.15) is 11.9 Å². The third kappa shape index (κ3) is 1.44. The lowest BCUT2D eigenvalue weighted by molar-refractivity contribution is 0.378. The fourth-order valence-corrected chi connectivity index (χ4v) is 1.97. The van der Waals surface area contributed by atoms with Crippen LogP contribution in [-0.2, 0) is 4.74 Å². The van der Waals surface area contributed by atoms with Gasteiger partial charge >= 0.3 is 0 Å². The van der Waals surface area contributed by atoms with Crippen molar-refractivity contribution < 1.29 is 9.47 Å². The number of hydrogen-bond acceptors (Lipinski definition) is 3. The van der Waals surface area contributed by atoms with E-state index in [1.807, 2.05) is 37.3 Å². The molecule has 1 aromatic heterocycles. The number of methoxy groups -OCH3 is 1. The second-order valence-corrected chi connectivity index (χ2v) is 4.03. The fourth-order valence-electron chi connectivity index (χ4n) is 1.97. The normalized spacial score (nSPS) is 23.4. The molecule has 0 amide bonds. The minimum absolute atomic E-state index is 0.138. The molecule has 2 heterocycles. The van der Waals surface area contributed by atoms with E-state index >= 15 is 0 Å². The van der Waals surface area contributed by atoms with Gasteiger partial charge in [-0.1, -0.05) is 12.1 Å². The van der Waals surface area contributed by atoms with E-state index in [-0.39, 0.29) is 12.2 Å². The molecule has 2 aromatic rings. The highest BCUT2D eigenvalue weighted by Gasteiger charge is 2.37. The summed E-state index contributed by atoms with van der Waals surface area (Å²) in [6, 6.07) is 9.95. The lowest BCUT2D eigenvalue weighted by atomic mass is 10.1. The molecular formula is C13H13NO2. The Balaban J connectivity index is 2.18. The predicted molar refractivity (Wildman–Crippen MR) is 61.6 cm³/mol. The zero-order chi connectivity index (χ0) is 11.1. The topological polar surface area (TPSA) is 34.6 Å². The van der Waals surface area contributed by atoms with E-state index in [0.29, 0.717) is 0 Å². The molecule has 1 saturated heterocycles. The van der Waals surface area contributed by atoms with Gasteiger partial charge in [-0.25, -0.2) is 4.98 Å². The zero-order valence-corrected chi connectivity index (χ0v) is 9.31. The van der Waals surface area contributed by atoms with Crippen molar-refractivity contribution in [3.8, 4) is 5.75 Å². The van der Waals surface area contributed by atoms with Gasteiger partial charge in [0.25, 0.3) is 0 Å². The molecule has 1 aliphatic heterocycles. The molecule has 3 nitrogen and oxygen atoms in total. The molecule has 3 rings (SSSR count). The summed E-state index contributed by atoms with van der Waals surface area (Å²) in [4.78, 5) is 4.59. The average Bonchev–Trinajstić information content (AvgIpc) is 3.05. The number of aromatic nitrogens is 1. The van der Waals surface area contributed by atoms with Gasteiger partial charge in [-0.05, 0) is 19.1 Å². The maximum atomic E-state index is 5.43. The Labute approximate surface area is 94.0 Å². The van der Waals surface area contributed by atoms with Crippen molar-refractivity contribution in [2.45, 2.75) is 19.1 Å². The number of fused-ring (bicyclic) bond motifs is 1. The van der Waals surface area contributed by atoms with E-state index in [9.17, 15) is 0 Å². The van der Waals surface area contributed by atoms with E-state index in [2.05, 4.69) is 4.98 Å². The molecule has 1 aromatic carbocycles. The Morgan fingerprint density at radius 3 is 2.75 bits per heavy atom. The lowest BCUT2D eigenvalue weighted by Crippen LogP contribution is -1.94. The van der Waals surface area contributed by atoms with Crippen molar-refractivity contribution >= 4 is 10.9 Å². The molecule has 82 valence electrons. The van der Waals surface area contributed by atoms with E-state index in [1.54, 1.807) is 7.11 Å². The van der Waals surface area contributed by atoms with Crippen LogP contribution < -0.4 is 4.74 Å². The number of pyridine rings is 1. The molecule has 0 N–H and O–H groups in total. The van der Waals surface area contributed by atoms with Gasteiger partial charge in [0, 0.05) is 11.5 Å². The Morgan fingerprint density at radius 1 is 1.31 bits per heavy atom. The first kappa shape index (κ1) is 9.60. The highest BCUT2D eigenvalue weighted by Crippen LogP contribution is 2.39. The Kier molecular flexibility index (Phi) is 2.07. The van der Waals surface area contributed by atoms with Gasteiger partial charge in [0.15, 0.2) is 0 Å². The summed E-state index contributed by atoms with van der Waals surface area (Å²) in [5.41, 5.74) is 1.92. The molecule has 16 heavy (non-hydrogen) atoms. The number of ether oxygens (including phenoxy) is 2. The number of rotatable bonds is 2. The van der Waals surface area contributed by atoms with Gasteiger partial charge in [0.05, 0.1) is 24.4 Å². The number of epoxide rings is 1. The van der Waals surface area contributed by atoms with Crippen LogP contribution in [0.15, 0.2) is 30.3 Å². The predicted octanol–water partition coefficient (Wildman–Crippen LogP) is 2.70. The molecule has 0 spiro atoms. The van der Waals surface area contributed by atoms with Gasteiger partial charge < -0.3 is 9.47 Å². The van der Waals surface area contributed by atoms with Crippen molar-refractivity contribution in [1.82, 2.24) is 4.98 Å². The summed E-state index contributed by atoms with van der Waals surface area (Å²) >= 11 is 0. The molecule has 3 heteroatoms. The van der Waals surface area contributed by atoms with Gasteiger partial charge in [-0.15, -0.1) is 0 Å². The average molecular weight is 215 g/mol. The summed E-state index contributed by atoms with van der Waals surface area (Å²) < 4.78 is 10.8. The monoisotopic (exact) mass is 215 g/mol. The lowest BCUT2D eigenvalue weighted by Gasteiger charge is -2.06. The number of nitrogens with zero attached hydrogens (tertiary/aromatic N) is 1. The molecule has 1 fully saturated rings. The molecule has 0 radical (unpaired) electrons. The third-order valence-electron chi connectivity index (χ3n) is 2.92. The second kappa shape index (κ2) is 3.46. The molecular weight excluding hydrogens is 202 g/mol. The standard InChI is InChI=1S/C13H13NO2/c1-8-13(16-8)11-7-12(15-2)9-5-3-4-6-10(9)14-11/h3-8,13H,1-2H3. The van der Waals surface area contributed by atoms with Gasteiger partial charge in [0.2, 0.25) is 0 Å². The van der Waals surface area contributed by atoms with Crippen molar-refractivity contribution in [3.63, 3.8) is 0 Å². The van der Waals surface area contributed by atoms with E-state index in [4.69, 9.17) is 9.47 Å². The second-order valence-electron chi connectivity index (χ2n) is 4.03. The first-order chi connectivity index (χ1) is 7.79. The van der Waals surface area contributed by atoms with Crippen LogP contribution in [-0.4, -0.2) is 18.2 Å². The molecule has 0 saturated carbocycles. The molecule has 0 aliphatic carbocycles. The van der Waals surface area contributed by atoms with E-state index in [1.165, 1.54) is 0 Å². The maximum absolute atomic E-state index is 5.43. The summed E-state index contributed by atoms with van der Waals surface area (Å²) in [6.45, 7) is 2.05. The highest BCUT2D eigenvalue weighted by atomic mass is 16.6. The minimum Gasteiger partial charge on any atom is -0.496 e. The third-order valence-corrected chi connectivity index (χ3v) is 2.92. The van der Waals surface area contributed by atoms with Gasteiger partial charge in [-0.2, -0.15) is 0 Å². The first-order valence-corrected chi connectivity index (χ1v) is 5.39. The van der Waals surface area contributed by atoms with Gasteiger partial charge in [-0.3, -0.25) is 0 Å². The van der Waals surface area contributed by atoms with Crippen LogP contribution in [0.2, 0.25) is 0 Å². The van der Waals surface area contributed by atoms with E-state index in [0.717, 1.165) is 22.3 Å². The Bertz CT molecular complexity index is 538. The zero-order valence-electron chi connectivity index (χ0n) is 9.31. The molecule has 2 unspecified atom stereocenters. The highest BCUT2D eigenvalue weighted by molar-refractivity contribution is 5.85. The summed E-state index contributed by atoms with van der Waals surface area (Å²) in [6.07, 6.45) is 0.414. The summed E-state index contributed by atoms with van der Waals surface area (Å²) in [5.74, 6) is 0.864. The Morgan fingerprint density at radius 2 is 2.06 bits per heavy atom. The van der Waals surface area contributed by atoms with Crippen molar-refractivity contribution in [1.29, 1.82) is 0 Å². The smallest absolute Gasteiger partial charge is 0.130 e. The van der Waals surface area contributed by atoms with Crippen molar-refractivity contribution in [2.24, 2.45) is 0 Å². The summed E-state index contributed by atoms with van der Waals surface area (Å²) in [5, 5.41) is 1.04. The van der Waals surface area contributed by atoms with Crippen LogP contribution in [0.5, 0.6) is 5.75 Å². The quantitative estimate of drug-likeness (QED) is 0.722. The molecule has 2 atom stereocenters. The van der Waals surface area contributed by atoms with Crippen LogP contribution >= 0.6 is 0 Å². The Hall–Kier alpha value is -1.61. The number of benzene rings is 1.